The minimum Gasteiger partial charge on any atom is -0.465 e. The molecule has 0 saturated carbocycles. The average Bonchev–Trinajstić information content (AvgIpc) is 2.66. The number of nitrogens with zero attached hydrogens (tertiary/aromatic N) is 3. The highest BCUT2D eigenvalue weighted by Crippen LogP contribution is 2.33. The van der Waals surface area contributed by atoms with Crippen LogP contribution < -0.4 is 4.31 Å². The first kappa shape index (κ1) is 22.7. The molecule has 0 radical (unpaired) electrons. The van der Waals surface area contributed by atoms with Gasteiger partial charge in [0.2, 0.25) is 0 Å². The van der Waals surface area contributed by atoms with Gasteiger partial charge >= 0.3 is 5.97 Å². The molecule has 2 aromatic rings. The summed E-state index contributed by atoms with van der Waals surface area (Å²) in [4.78, 5) is 32.8. The third kappa shape index (κ3) is 4.54. The van der Waals surface area contributed by atoms with Crippen LogP contribution in [0, 0.1) is 34.1 Å². The van der Waals surface area contributed by atoms with Gasteiger partial charge in [0.05, 0.1) is 32.6 Å². The number of sulfonamides is 1. The molecule has 2 aromatic carbocycles. The van der Waals surface area contributed by atoms with Crippen molar-refractivity contribution >= 4 is 33.1 Å². The summed E-state index contributed by atoms with van der Waals surface area (Å²) in [6, 6.07) is 7.12. The number of carbonyl (C=O) groups excluding carboxylic acids is 1. The van der Waals surface area contributed by atoms with Crippen LogP contribution >= 0.6 is 0 Å². The highest BCUT2D eigenvalue weighted by atomic mass is 32.2. The monoisotopic (exact) mass is 437 g/mol. The molecule has 2 rings (SSSR count). The molecule has 0 amide bonds. The first-order chi connectivity index (χ1) is 14.0. The molecule has 11 nitrogen and oxygen atoms in total. The molecular weight excluding hydrogens is 418 g/mol. The second-order valence-electron chi connectivity index (χ2n) is 6.20. The summed E-state index contributed by atoms with van der Waals surface area (Å²) in [7, 11) is -4.50. The molecule has 0 fully saturated rings. The molecule has 0 atom stereocenters. The number of aryl methyl sites for hydroxylation is 1. The maximum absolute atomic E-state index is 13.3. The van der Waals surface area contributed by atoms with Crippen LogP contribution in [0.4, 0.5) is 17.1 Å². The van der Waals surface area contributed by atoms with E-state index in [1.807, 2.05) is 0 Å². The Balaban J connectivity index is 2.70. The topological polar surface area (TPSA) is 150 Å². The molecule has 160 valence electrons. The van der Waals surface area contributed by atoms with Crippen molar-refractivity contribution in [1.29, 1.82) is 0 Å². The van der Waals surface area contributed by atoms with Gasteiger partial charge in [0.1, 0.15) is 6.54 Å². The predicted molar refractivity (Wildman–Crippen MR) is 107 cm³/mol. The molecule has 0 saturated heterocycles. The molecule has 0 unspecified atom stereocenters. The molecular formula is C18H19N3O8S. The Hall–Kier alpha value is -3.54. The lowest BCUT2D eigenvalue weighted by Gasteiger charge is -2.25. The van der Waals surface area contributed by atoms with Gasteiger partial charge in [-0.05, 0) is 32.9 Å². The minimum atomic E-state index is -4.50. The lowest BCUT2D eigenvalue weighted by atomic mass is 10.1. The molecule has 0 aliphatic heterocycles. The molecule has 0 N–H and O–H groups in total. The van der Waals surface area contributed by atoms with E-state index >= 15 is 0 Å². The number of benzene rings is 2. The predicted octanol–water partition coefficient (Wildman–Crippen LogP) is 2.88. The number of carbonyl (C=O) groups is 1. The summed E-state index contributed by atoms with van der Waals surface area (Å²) in [5, 5.41) is 22.5. The van der Waals surface area contributed by atoms with E-state index in [1.54, 1.807) is 6.92 Å². The van der Waals surface area contributed by atoms with E-state index in [0.29, 0.717) is 4.31 Å². The van der Waals surface area contributed by atoms with E-state index in [1.165, 1.54) is 44.2 Å². The summed E-state index contributed by atoms with van der Waals surface area (Å²) < 4.78 is 32.1. The molecule has 0 aromatic heterocycles. The van der Waals surface area contributed by atoms with Gasteiger partial charge in [-0.3, -0.25) is 29.3 Å². The van der Waals surface area contributed by atoms with E-state index in [-0.39, 0.29) is 29.1 Å². The maximum atomic E-state index is 13.3. The summed E-state index contributed by atoms with van der Waals surface area (Å²) in [5.74, 6) is -0.881. The number of anilines is 1. The van der Waals surface area contributed by atoms with E-state index < -0.39 is 43.0 Å². The fraction of sp³-hybridized carbons (Fsp3) is 0.278. The van der Waals surface area contributed by atoms with Gasteiger partial charge in [0, 0.05) is 17.7 Å². The minimum absolute atomic E-state index is 0.00333. The van der Waals surface area contributed by atoms with Crippen molar-refractivity contribution < 1.29 is 27.8 Å². The Morgan fingerprint density at radius 1 is 1.07 bits per heavy atom. The van der Waals surface area contributed by atoms with Crippen LogP contribution in [0.2, 0.25) is 0 Å². The SMILES string of the molecule is CCOC(=O)CN(c1cccc([N+](=O)[O-])c1C)S(=O)(=O)c1ccc(C)c([N+](=O)[O-])c1. The zero-order chi connectivity index (χ0) is 22.6. The normalized spacial score (nSPS) is 11.0. The summed E-state index contributed by atoms with van der Waals surface area (Å²) in [6.07, 6.45) is 0. The van der Waals surface area contributed by atoms with Gasteiger partial charge in [0.15, 0.2) is 0 Å². The van der Waals surface area contributed by atoms with Crippen LogP contribution in [-0.4, -0.2) is 37.4 Å². The van der Waals surface area contributed by atoms with E-state index in [2.05, 4.69) is 0 Å². The van der Waals surface area contributed by atoms with Crippen molar-refractivity contribution in [1.82, 2.24) is 0 Å². The van der Waals surface area contributed by atoms with Crippen LogP contribution in [0.1, 0.15) is 18.1 Å². The van der Waals surface area contributed by atoms with Gasteiger partial charge in [-0.1, -0.05) is 12.1 Å². The Morgan fingerprint density at radius 3 is 2.27 bits per heavy atom. The van der Waals surface area contributed by atoms with Crippen molar-refractivity contribution in [3.05, 3.63) is 67.8 Å². The third-order valence-corrected chi connectivity index (χ3v) is 6.04. The molecule has 30 heavy (non-hydrogen) atoms. The second kappa shape index (κ2) is 8.86. The van der Waals surface area contributed by atoms with Crippen molar-refractivity contribution in [3.8, 4) is 0 Å². The van der Waals surface area contributed by atoms with Crippen molar-refractivity contribution in [2.45, 2.75) is 25.7 Å². The highest BCUT2D eigenvalue weighted by Gasteiger charge is 2.32. The molecule has 0 aliphatic carbocycles. The number of ether oxygens (including phenoxy) is 1. The third-order valence-electron chi connectivity index (χ3n) is 4.29. The van der Waals surface area contributed by atoms with Crippen LogP contribution in [0.25, 0.3) is 0 Å². The van der Waals surface area contributed by atoms with E-state index in [4.69, 9.17) is 4.74 Å². The molecule has 0 bridgehead atoms. The van der Waals surface area contributed by atoms with Crippen LogP contribution in [-0.2, 0) is 19.6 Å². The van der Waals surface area contributed by atoms with Crippen LogP contribution in [0.15, 0.2) is 41.3 Å². The Morgan fingerprint density at radius 2 is 1.70 bits per heavy atom. The molecule has 12 heteroatoms. The van der Waals surface area contributed by atoms with Crippen molar-refractivity contribution in [3.63, 3.8) is 0 Å². The summed E-state index contributed by atoms with van der Waals surface area (Å²) in [6.45, 7) is 3.57. The van der Waals surface area contributed by atoms with Crippen molar-refractivity contribution in [2.75, 3.05) is 17.5 Å². The first-order valence-corrected chi connectivity index (χ1v) is 10.1. The quantitative estimate of drug-likeness (QED) is 0.347. The number of nitro benzene ring substituents is 2. The van der Waals surface area contributed by atoms with Gasteiger partial charge < -0.3 is 4.74 Å². The molecule has 0 spiro atoms. The zero-order valence-corrected chi connectivity index (χ0v) is 17.2. The van der Waals surface area contributed by atoms with Gasteiger partial charge in [-0.25, -0.2) is 8.42 Å². The Kier molecular flexibility index (Phi) is 6.72. The Bertz CT molecular complexity index is 1110. The fourth-order valence-corrected chi connectivity index (χ4v) is 4.26. The lowest BCUT2D eigenvalue weighted by molar-refractivity contribution is -0.385. The number of hydrogen-bond acceptors (Lipinski definition) is 8. The summed E-state index contributed by atoms with van der Waals surface area (Å²) >= 11 is 0. The second-order valence-corrected chi connectivity index (χ2v) is 8.06. The number of nitro groups is 2. The molecule has 0 aliphatic rings. The van der Waals surface area contributed by atoms with Gasteiger partial charge in [-0.15, -0.1) is 0 Å². The van der Waals surface area contributed by atoms with Gasteiger partial charge in [0.25, 0.3) is 21.4 Å². The zero-order valence-electron chi connectivity index (χ0n) is 16.4. The largest absolute Gasteiger partial charge is 0.465 e. The van der Waals surface area contributed by atoms with Gasteiger partial charge in [-0.2, -0.15) is 0 Å². The van der Waals surface area contributed by atoms with Crippen molar-refractivity contribution in [2.24, 2.45) is 0 Å². The smallest absolute Gasteiger partial charge is 0.326 e. The van der Waals surface area contributed by atoms with Crippen LogP contribution in [0.3, 0.4) is 0 Å². The average molecular weight is 437 g/mol. The number of esters is 1. The standard InChI is InChI=1S/C18H19N3O8S/c1-4-29-18(22)11-19(15-6-5-7-16(13(15)3)20(23)24)30(27,28)14-9-8-12(2)17(10-14)21(25)26/h5-10H,4,11H2,1-3H3. The maximum Gasteiger partial charge on any atom is 0.326 e. The van der Waals surface area contributed by atoms with E-state index in [9.17, 15) is 33.4 Å². The molecule has 0 heterocycles. The first-order valence-electron chi connectivity index (χ1n) is 8.68. The highest BCUT2D eigenvalue weighted by molar-refractivity contribution is 7.92. The Labute approximate surface area is 172 Å². The fourth-order valence-electron chi connectivity index (χ4n) is 2.78. The van der Waals surface area contributed by atoms with Crippen LogP contribution in [0.5, 0.6) is 0 Å². The number of rotatable bonds is 8. The lowest BCUT2D eigenvalue weighted by Crippen LogP contribution is -2.37. The summed E-state index contributed by atoms with van der Waals surface area (Å²) in [5.41, 5.74) is -0.603. The van der Waals surface area contributed by atoms with E-state index in [0.717, 1.165) is 6.07 Å². The number of hydrogen-bond donors (Lipinski definition) is 0.